The van der Waals surface area contributed by atoms with E-state index in [1.54, 1.807) is 16.7 Å². The normalized spacial score (nSPS) is 22.0. The van der Waals surface area contributed by atoms with Crippen LogP contribution in [0.25, 0.3) is 0 Å². The lowest BCUT2D eigenvalue weighted by Gasteiger charge is -2.29. The zero-order chi connectivity index (χ0) is 21.6. The summed E-state index contributed by atoms with van der Waals surface area (Å²) >= 11 is 1.80. The van der Waals surface area contributed by atoms with Gasteiger partial charge in [-0.1, -0.05) is 18.9 Å². The second kappa shape index (κ2) is 10.6. The van der Waals surface area contributed by atoms with Crippen LogP contribution in [0.2, 0.25) is 0 Å². The Labute approximate surface area is 187 Å². The number of nitrogens with one attached hydrogen (secondary N) is 1. The van der Waals surface area contributed by atoms with Gasteiger partial charge in [0.2, 0.25) is 11.8 Å². The molecule has 1 atom stereocenters. The van der Waals surface area contributed by atoms with Gasteiger partial charge in [-0.3, -0.25) is 24.6 Å². The number of morpholine rings is 1. The number of fused-ring (bicyclic) bond motifs is 1. The molecule has 1 aromatic rings. The van der Waals surface area contributed by atoms with E-state index in [2.05, 4.69) is 16.3 Å². The molecule has 0 saturated carbocycles. The second-order valence-electron chi connectivity index (χ2n) is 8.40. The van der Waals surface area contributed by atoms with Gasteiger partial charge >= 0.3 is 0 Å². The fourth-order valence-corrected chi connectivity index (χ4v) is 5.58. The van der Waals surface area contributed by atoms with Crippen LogP contribution in [0, 0.1) is 0 Å². The summed E-state index contributed by atoms with van der Waals surface area (Å²) in [4.78, 5) is 41.8. The Bertz CT molecular complexity index is 825. The number of amides is 3. The molecule has 0 aromatic heterocycles. The average molecular weight is 446 g/mol. The van der Waals surface area contributed by atoms with Crippen molar-refractivity contribution >= 4 is 29.5 Å². The molecule has 7 nitrogen and oxygen atoms in total. The Morgan fingerprint density at radius 2 is 1.87 bits per heavy atom. The van der Waals surface area contributed by atoms with Crippen LogP contribution in [0.5, 0.6) is 0 Å². The van der Waals surface area contributed by atoms with Crippen LogP contribution in [0.15, 0.2) is 23.1 Å². The van der Waals surface area contributed by atoms with Gasteiger partial charge < -0.3 is 9.64 Å². The Kier molecular flexibility index (Phi) is 7.63. The molecule has 1 unspecified atom stereocenters. The minimum absolute atomic E-state index is 0.102. The molecule has 2 fully saturated rings. The lowest BCUT2D eigenvalue weighted by molar-refractivity contribution is -0.136. The van der Waals surface area contributed by atoms with Gasteiger partial charge in [-0.15, -0.1) is 11.8 Å². The number of ether oxygens (including phenoxy) is 1. The smallest absolute Gasteiger partial charge is 0.255 e. The molecule has 3 amide bonds. The quantitative estimate of drug-likeness (QED) is 0.357. The van der Waals surface area contributed by atoms with Crippen molar-refractivity contribution in [3.05, 3.63) is 29.3 Å². The number of nitrogens with zero attached hydrogens (tertiary/aromatic N) is 2. The van der Waals surface area contributed by atoms with Gasteiger partial charge in [0.25, 0.3) is 5.91 Å². The molecular weight excluding hydrogens is 414 g/mol. The molecule has 0 radical (unpaired) electrons. The van der Waals surface area contributed by atoms with Crippen molar-refractivity contribution < 1.29 is 19.1 Å². The van der Waals surface area contributed by atoms with E-state index in [-0.39, 0.29) is 24.1 Å². The summed E-state index contributed by atoms with van der Waals surface area (Å²) in [5, 5.41) is 2.36. The van der Waals surface area contributed by atoms with E-state index < -0.39 is 6.04 Å². The fraction of sp³-hybridized carbons (Fsp3) is 0.609. The maximum Gasteiger partial charge on any atom is 0.255 e. The van der Waals surface area contributed by atoms with E-state index in [0.29, 0.717) is 18.5 Å². The number of rotatable bonds is 9. The summed E-state index contributed by atoms with van der Waals surface area (Å²) in [5.74, 6) is 0.311. The Hall–Kier alpha value is -1.90. The van der Waals surface area contributed by atoms with Gasteiger partial charge in [-0.25, -0.2) is 0 Å². The van der Waals surface area contributed by atoms with Crippen molar-refractivity contribution in [1.29, 1.82) is 0 Å². The molecule has 4 rings (SSSR count). The van der Waals surface area contributed by atoms with Crippen molar-refractivity contribution in [3.63, 3.8) is 0 Å². The minimum atomic E-state index is -0.554. The largest absolute Gasteiger partial charge is 0.379 e. The molecule has 168 valence electrons. The summed E-state index contributed by atoms with van der Waals surface area (Å²) in [6.45, 7) is 5.46. The Morgan fingerprint density at radius 1 is 1.06 bits per heavy atom. The number of carbonyl (C=O) groups excluding carboxylic acids is 3. The predicted octanol–water partition coefficient (Wildman–Crippen LogP) is 2.43. The summed E-state index contributed by atoms with van der Waals surface area (Å²) in [6.07, 6.45) is 5.53. The van der Waals surface area contributed by atoms with Crippen LogP contribution in [0.3, 0.4) is 0 Å². The molecule has 0 bridgehead atoms. The fourth-order valence-electron chi connectivity index (χ4n) is 4.49. The summed E-state index contributed by atoms with van der Waals surface area (Å²) in [7, 11) is 0. The molecule has 1 N–H and O–H groups in total. The first kappa shape index (κ1) is 22.3. The molecule has 3 aliphatic heterocycles. The SMILES string of the molecule is O=C1CCC(N2Cc3c(SCCCCCCN4CCOCC4)cccc3C2=O)C(=O)N1. The van der Waals surface area contributed by atoms with Crippen LogP contribution >= 0.6 is 11.8 Å². The van der Waals surface area contributed by atoms with Crippen LogP contribution in [-0.2, 0) is 20.9 Å². The van der Waals surface area contributed by atoms with Crippen LogP contribution in [0.1, 0.15) is 54.4 Å². The standard InChI is InChI=1S/C23H31N3O4S/c27-21-9-8-19(22(28)24-21)26-16-18-17(23(26)29)6-5-7-20(18)31-15-4-2-1-3-10-25-11-13-30-14-12-25/h5-7,19H,1-4,8-16H2,(H,24,27,28). The van der Waals surface area contributed by atoms with Gasteiger partial charge in [-0.05, 0) is 49.3 Å². The molecular formula is C23H31N3O4S. The van der Waals surface area contributed by atoms with Crippen molar-refractivity contribution in [2.45, 2.75) is 56.0 Å². The van der Waals surface area contributed by atoms with Crippen LogP contribution in [-0.4, -0.2) is 72.2 Å². The summed E-state index contributed by atoms with van der Waals surface area (Å²) in [6, 6.07) is 5.29. The lowest BCUT2D eigenvalue weighted by Crippen LogP contribution is -2.52. The molecule has 0 aliphatic carbocycles. The number of benzene rings is 1. The molecule has 31 heavy (non-hydrogen) atoms. The van der Waals surface area contributed by atoms with Gasteiger partial charge in [0.15, 0.2) is 0 Å². The molecule has 0 spiro atoms. The first-order chi connectivity index (χ1) is 15.1. The highest BCUT2D eigenvalue weighted by molar-refractivity contribution is 7.99. The predicted molar refractivity (Wildman–Crippen MR) is 119 cm³/mol. The number of unbranched alkanes of at least 4 members (excludes halogenated alkanes) is 3. The van der Waals surface area contributed by atoms with Crippen molar-refractivity contribution in [2.24, 2.45) is 0 Å². The monoisotopic (exact) mass is 445 g/mol. The maximum atomic E-state index is 12.9. The third-order valence-electron chi connectivity index (χ3n) is 6.27. The number of hydrogen-bond acceptors (Lipinski definition) is 6. The van der Waals surface area contributed by atoms with Gasteiger partial charge in [-0.2, -0.15) is 0 Å². The molecule has 3 aliphatic rings. The third kappa shape index (κ3) is 5.48. The van der Waals surface area contributed by atoms with Gasteiger partial charge in [0, 0.05) is 36.5 Å². The van der Waals surface area contributed by atoms with E-state index >= 15 is 0 Å². The van der Waals surface area contributed by atoms with Crippen molar-refractivity contribution in [3.8, 4) is 0 Å². The molecule has 3 heterocycles. The third-order valence-corrected chi connectivity index (χ3v) is 7.46. The lowest BCUT2D eigenvalue weighted by atomic mass is 10.0. The number of imide groups is 1. The summed E-state index contributed by atoms with van der Waals surface area (Å²) in [5.41, 5.74) is 1.72. The highest BCUT2D eigenvalue weighted by Crippen LogP contribution is 2.34. The second-order valence-corrected chi connectivity index (χ2v) is 9.54. The van der Waals surface area contributed by atoms with E-state index in [9.17, 15) is 14.4 Å². The Morgan fingerprint density at radius 3 is 2.68 bits per heavy atom. The first-order valence-electron chi connectivity index (χ1n) is 11.3. The molecule has 2 saturated heterocycles. The van der Waals surface area contributed by atoms with Crippen LogP contribution < -0.4 is 5.32 Å². The van der Waals surface area contributed by atoms with E-state index in [1.807, 2.05) is 12.1 Å². The number of carbonyl (C=O) groups is 3. The Balaban J connectivity index is 1.23. The molecule has 8 heteroatoms. The zero-order valence-corrected chi connectivity index (χ0v) is 18.8. The highest BCUT2D eigenvalue weighted by Gasteiger charge is 2.39. The first-order valence-corrected chi connectivity index (χ1v) is 12.3. The van der Waals surface area contributed by atoms with E-state index in [4.69, 9.17) is 4.74 Å². The highest BCUT2D eigenvalue weighted by atomic mass is 32.2. The average Bonchev–Trinajstić information content (AvgIpc) is 3.11. The van der Waals surface area contributed by atoms with Gasteiger partial charge in [0.1, 0.15) is 6.04 Å². The van der Waals surface area contributed by atoms with Crippen LogP contribution in [0.4, 0.5) is 0 Å². The molecule has 1 aromatic carbocycles. The number of thioether (sulfide) groups is 1. The maximum absolute atomic E-state index is 12.9. The number of hydrogen-bond donors (Lipinski definition) is 1. The zero-order valence-electron chi connectivity index (χ0n) is 17.9. The van der Waals surface area contributed by atoms with Gasteiger partial charge in [0.05, 0.1) is 13.2 Å². The van der Waals surface area contributed by atoms with Crippen molar-refractivity contribution in [1.82, 2.24) is 15.1 Å². The van der Waals surface area contributed by atoms with E-state index in [0.717, 1.165) is 48.9 Å². The summed E-state index contributed by atoms with van der Waals surface area (Å²) < 4.78 is 5.39. The minimum Gasteiger partial charge on any atom is -0.379 e. The number of piperidine rings is 1. The van der Waals surface area contributed by atoms with Crippen molar-refractivity contribution in [2.75, 3.05) is 38.6 Å². The van der Waals surface area contributed by atoms with E-state index in [1.165, 1.54) is 25.8 Å². The topological polar surface area (TPSA) is 79.0 Å².